The molecular formula is C14H17BrO4. The van der Waals surface area contributed by atoms with E-state index in [1.165, 1.54) is 6.08 Å². The summed E-state index contributed by atoms with van der Waals surface area (Å²) in [5.74, 6) is -0.321. The van der Waals surface area contributed by atoms with E-state index in [-0.39, 0.29) is 6.10 Å². The molecule has 0 aromatic heterocycles. The van der Waals surface area contributed by atoms with Gasteiger partial charge in [-0.3, -0.25) is 0 Å². The first-order chi connectivity index (χ1) is 8.93. The van der Waals surface area contributed by atoms with Gasteiger partial charge in [-0.1, -0.05) is 15.9 Å². The molecule has 1 atom stereocenters. The van der Waals surface area contributed by atoms with Gasteiger partial charge in [-0.05, 0) is 37.6 Å². The molecule has 0 aliphatic carbocycles. The summed E-state index contributed by atoms with van der Waals surface area (Å²) in [7, 11) is 1.62. The van der Waals surface area contributed by atoms with Gasteiger partial charge in [0.2, 0.25) is 0 Å². The highest BCUT2D eigenvalue weighted by atomic mass is 79.9. The van der Waals surface area contributed by atoms with E-state index in [1.54, 1.807) is 7.11 Å². The van der Waals surface area contributed by atoms with Gasteiger partial charge >= 0.3 is 5.97 Å². The summed E-state index contributed by atoms with van der Waals surface area (Å²) in [6.07, 6.45) is 2.58. The average molecular weight is 329 g/mol. The van der Waals surface area contributed by atoms with Crippen LogP contribution in [0.3, 0.4) is 0 Å². The second-order valence-electron chi connectivity index (χ2n) is 4.17. The van der Waals surface area contributed by atoms with Crippen molar-refractivity contribution in [3.05, 3.63) is 33.8 Å². The highest BCUT2D eigenvalue weighted by molar-refractivity contribution is 9.10. The van der Waals surface area contributed by atoms with Crippen molar-refractivity contribution in [1.29, 1.82) is 0 Å². The normalized spacial score (nSPS) is 12.6. The lowest BCUT2D eigenvalue weighted by Crippen LogP contribution is -2.16. The Morgan fingerprint density at radius 3 is 2.79 bits per heavy atom. The van der Waals surface area contributed by atoms with Crippen LogP contribution in [0.1, 0.15) is 18.1 Å². The van der Waals surface area contributed by atoms with E-state index in [9.17, 15) is 4.79 Å². The molecule has 0 bridgehead atoms. The molecule has 19 heavy (non-hydrogen) atoms. The van der Waals surface area contributed by atoms with E-state index < -0.39 is 5.97 Å². The van der Waals surface area contributed by atoms with E-state index in [4.69, 9.17) is 14.6 Å². The smallest absolute Gasteiger partial charge is 0.328 e. The fourth-order valence-corrected chi connectivity index (χ4v) is 2.10. The van der Waals surface area contributed by atoms with Gasteiger partial charge in [0.25, 0.3) is 0 Å². The average Bonchev–Trinajstić information content (AvgIpc) is 2.34. The number of aryl methyl sites for hydroxylation is 1. The summed E-state index contributed by atoms with van der Waals surface area (Å²) in [6.45, 7) is 4.23. The van der Waals surface area contributed by atoms with Crippen LogP contribution in [0.2, 0.25) is 0 Å². The molecule has 0 radical (unpaired) electrons. The van der Waals surface area contributed by atoms with Crippen LogP contribution in [0.25, 0.3) is 6.08 Å². The molecule has 1 rings (SSSR count). The molecule has 0 saturated heterocycles. The van der Waals surface area contributed by atoms with Crippen LogP contribution < -0.4 is 4.74 Å². The lowest BCUT2D eigenvalue weighted by atomic mass is 10.1. The molecule has 1 aromatic carbocycles. The Labute approximate surface area is 121 Å². The number of aliphatic carboxylic acids is 1. The maximum Gasteiger partial charge on any atom is 0.328 e. The van der Waals surface area contributed by atoms with Crippen LogP contribution >= 0.6 is 15.9 Å². The number of hydrogen-bond acceptors (Lipinski definition) is 3. The summed E-state index contributed by atoms with van der Waals surface area (Å²) in [6, 6.07) is 3.74. The molecule has 0 heterocycles. The lowest BCUT2D eigenvalue weighted by molar-refractivity contribution is -0.131. The highest BCUT2D eigenvalue weighted by Gasteiger charge is 2.09. The van der Waals surface area contributed by atoms with Gasteiger partial charge in [-0.25, -0.2) is 4.79 Å². The SMILES string of the molecule is COC(C)COc1c(C)cc(Br)cc1/C=C/C(=O)O. The van der Waals surface area contributed by atoms with Crippen molar-refractivity contribution in [2.75, 3.05) is 13.7 Å². The van der Waals surface area contributed by atoms with Crippen molar-refractivity contribution in [1.82, 2.24) is 0 Å². The maximum atomic E-state index is 10.6. The van der Waals surface area contributed by atoms with Crippen LogP contribution in [0.4, 0.5) is 0 Å². The fraction of sp³-hybridized carbons (Fsp3) is 0.357. The highest BCUT2D eigenvalue weighted by Crippen LogP contribution is 2.29. The minimum Gasteiger partial charge on any atom is -0.490 e. The first-order valence-electron chi connectivity index (χ1n) is 5.80. The van der Waals surface area contributed by atoms with Crippen molar-refractivity contribution >= 4 is 28.0 Å². The van der Waals surface area contributed by atoms with E-state index in [2.05, 4.69) is 15.9 Å². The van der Waals surface area contributed by atoms with Crippen LogP contribution in [0.15, 0.2) is 22.7 Å². The minimum atomic E-state index is -0.992. The maximum absolute atomic E-state index is 10.6. The molecule has 0 spiro atoms. The number of carboxylic acid groups (broad SMARTS) is 1. The molecule has 0 aliphatic rings. The van der Waals surface area contributed by atoms with Gasteiger partial charge in [-0.15, -0.1) is 0 Å². The van der Waals surface area contributed by atoms with E-state index in [0.29, 0.717) is 12.4 Å². The third-order valence-electron chi connectivity index (χ3n) is 2.54. The molecule has 0 fully saturated rings. The zero-order chi connectivity index (χ0) is 14.4. The van der Waals surface area contributed by atoms with Gasteiger partial charge in [0.1, 0.15) is 12.4 Å². The van der Waals surface area contributed by atoms with Crippen molar-refractivity contribution in [2.24, 2.45) is 0 Å². The summed E-state index contributed by atoms with van der Waals surface area (Å²) >= 11 is 3.39. The number of ether oxygens (including phenoxy) is 2. The Balaban J connectivity index is 3.02. The van der Waals surface area contributed by atoms with Crippen LogP contribution in [0, 0.1) is 6.92 Å². The van der Waals surface area contributed by atoms with Crippen molar-refractivity contribution in [2.45, 2.75) is 20.0 Å². The zero-order valence-corrected chi connectivity index (χ0v) is 12.7. The first-order valence-corrected chi connectivity index (χ1v) is 6.60. The van der Waals surface area contributed by atoms with Crippen molar-refractivity contribution in [3.8, 4) is 5.75 Å². The third-order valence-corrected chi connectivity index (χ3v) is 3.00. The molecule has 1 unspecified atom stereocenters. The molecular weight excluding hydrogens is 312 g/mol. The standard InChI is InChI=1S/C14H17BrO4/c1-9-6-12(15)7-11(4-5-13(16)17)14(9)19-8-10(2)18-3/h4-7,10H,8H2,1-3H3,(H,16,17)/b5-4+. The minimum absolute atomic E-state index is 0.0284. The Kier molecular flexibility index (Phi) is 6.05. The van der Waals surface area contributed by atoms with Gasteiger partial charge < -0.3 is 14.6 Å². The Hall–Kier alpha value is -1.33. The fourth-order valence-electron chi connectivity index (χ4n) is 1.51. The molecule has 4 nitrogen and oxygen atoms in total. The summed E-state index contributed by atoms with van der Waals surface area (Å²) in [5.41, 5.74) is 1.65. The number of halogens is 1. The number of methoxy groups -OCH3 is 1. The second-order valence-corrected chi connectivity index (χ2v) is 5.09. The van der Waals surface area contributed by atoms with E-state index in [1.807, 2.05) is 26.0 Å². The molecule has 104 valence electrons. The van der Waals surface area contributed by atoms with Crippen molar-refractivity contribution < 1.29 is 19.4 Å². The monoisotopic (exact) mass is 328 g/mol. The van der Waals surface area contributed by atoms with Gasteiger partial charge in [-0.2, -0.15) is 0 Å². The summed E-state index contributed by atoms with van der Waals surface area (Å²) in [4.78, 5) is 10.6. The summed E-state index contributed by atoms with van der Waals surface area (Å²) in [5, 5.41) is 8.70. The van der Waals surface area contributed by atoms with Gasteiger partial charge in [0.15, 0.2) is 0 Å². The number of rotatable bonds is 6. The van der Waals surface area contributed by atoms with Crippen molar-refractivity contribution in [3.63, 3.8) is 0 Å². The summed E-state index contributed by atoms with van der Waals surface area (Å²) < 4.78 is 11.7. The molecule has 1 aromatic rings. The molecule has 0 amide bonds. The lowest BCUT2D eigenvalue weighted by Gasteiger charge is -2.16. The van der Waals surface area contributed by atoms with Crippen LogP contribution in [-0.4, -0.2) is 30.9 Å². The number of carboxylic acids is 1. The molecule has 0 saturated carbocycles. The topological polar surface area (TPSA) is 55.8 Å². The van der Waals surface area contributed by atoms with Crippen LogP contribution in [0.5, 0.6) is 5.75 Å². The predicted molar refractivity (Wildman–Crippen MR) is 77.5 cm³/mol. The molecule has 5 heteroatoms. The molecule has 0 aliphatic heterocycles. The van der Waals surface area contributed by atoms with Gasteiger partial charge in [0.05, 0.1) is 6.10 Å². The number of benzene rings is 1. The van der Waals surface area contributed by atoms with E-state index in [0.717, 1.165) is 21.7 Å². The quantitative estimate of drug-likeness (QED) is 0.814. The van der Waals surface area contributed by atoms with E-state index >= 15 is 0 Å². The second kappa shape index (κ2) is 7.31. The largest absolute Gasteiger partial charge is 0.490 e. The number of hydrogen-bond donors (Lipinski definition) is 1. The predicted octanol–water partition coefficient (Wildman–Crippen LogP) is 3.27. The zero-order valence-electron chi connectivity index (χ0n) is 11.1. The number of carbonyl (C=O) groups is 1. The third kappa shape index (κ3) is 5.04. The Morgan fingerprint density at radius 1 is 1.53 bits per heavy atom. The van der Waals surface area contributed by atoms with Gasteiger partial charge in [0, 0.05) is 23.2 Å². The first kappa shape index (κ1) is 15.7. The van der Waals surface area contributed by atoms with Crippen LogP contribution in [-0.2, 0) is 9.53 Å². The Bertz CT molecular complexity index is 483. The molecule has 1 N–H and O–H groups in total. The Morgan fingerprint density at radius 2 is 2.21 bits per heavy atom.